The molecule has 0 bridgehead atoms. The van der Waals surface area contributed by atoms with Crippen LogP contribution in [0.15, 0.2) is 30.3 Å². The van der Waals surface area contributed by atoms with Crippen LogP contribution in [0.3, 0.4) is 0 Å². The first kappa shape index (κ1) is 25.0. The molecule has 0 unspecified atom stereocenters. The molecule has 1 fully saturated rings. The highest BCUT2D eigenvalue weighted by molar-refractivity contribution is 7.98. The van der Waals surface area contributed by atoms with E-state index in [0.717, 1.165) is 11.8 Å². The second-order valence-electron chi connectivity index (χ2n) is 8.79. The van der Waals surface area contributed by atoms with Gasteiger partial charge in [-0.05, 0) is 45.1 Å². The van der Waals surface area contributed by atoms with E-state index in [4.69, 9.17) is 8.92 Å². The van der Waals surface area contributed by atoms with Crippen molar-refractivity contribution in [3.05, 3.63) is 35.9 Å². The van der Waals surface area contributed by atoms with Crippen molar-refractivity contribution < 1.29 is 27.2 Å². The van der Waals surface area contributed by atoms with E-state index in [2.05, 4.69) is 0 Å². The van der Waals surface area contributed by atoms with Gasteiger partial charge in [-0.1, -0.05) is 30.3 Å². The van der Waals surface area contributed by atoms with E-state index in [1.54, 1.807) is 16.7 Å². The van der Waals surface area contributed by atoms with Crippen molar-refractivity contribution in [2.45, 2.75) is 50.6 Å². The molecule has 1 aliphatic heterocycles. The normalized spacial score (nSPS) is 18.1. The molecular weight excluding hydrogens is 426 g/mol. The number of nitrogens with zero attached hydrogens (tertiary/aromatic N) is 1. The molecule has 1 atom stereocenters. The molecule has 9 heteroatoms. The van der Waals surface area contributed by atoms with Gasteiger partial charge >= 0.3 is 6.09 Å². The number of thioether (sulfide) groups is 1. The maximum Gasteiger partial charge on any atom is 0.410 e. The fraction of sp³-hybridized carbons (Fsp3) is 0.667. The Hall–Kier alpha value is -1.29. The van der Waals surface area contributed by atoms with Crippen LogP contribution in [0.5, 0.6) is 0 Å². The summed E-state index contributed by atoms with van der Waals surface area (Å²) in [6.07, 6.45) is 1.72. The number of benzene rings is 1. The Morgan fingerprint density at radius 2 is 1.80 bits per heavy atom. The van der Waals surface area contributed by atoms with Gasteiger partial charge in [0.25, 0.3) is 10.1 Å². The summed E-state index contributed by atoms with van der Waals surface area (Å²) in [5, 5.41) is 11.3. The number of piperidine rings is 1. The molecular formula is C21H33NO6S2. The number of amides is 1. The molecule has 30 heavy (non-hydrogen) atoms. The second-order valence-corrected chi connectivity index (χ2v) is 11.4. The van der Waals surface area contributed by atoms with Gasteiger partial charge in [-0.2, -0.15) is 20.2 Å². The number of carbonyl (C=O) groups excluding carboxylic acids is 1. The van der Waals surface area contributed by atoms with Crippen molar-refractivity contribution in [2.75, 3.05) is 31.7 Å². The summed E-state index contributed by atoms with van der Waals surface area (Å²) in [5.74, 6) is 0.869. The average Bonchev–Trinajstić information content (AvgIpc) is 2.65. The molecule has 1 aromatic rings. The van der Waals surface area contributed by atoms with E-state index in [1.165, 1.54) is 0 Å². The highest BCUT2D eigenvalue weighted by Gasteiger charge is 2.41. The molecule has 1 heterocycles. The number of hydrogen-bond donors (Lipinski definition) is 1. The van der Waals surface area contributed by atoms with Gasteiger partial charge in [-0.15, -0.1) is 0 Å². The van der Waals surface area contributed by atoms with E-state index in [-0.39, 0.29) is 18.6 Å². The summed E-state index contributed by atoms with van der Waals surface area (Å²) in [7, 11) is -3.67. The first-order valence-electron chi connectivity index (χ1n) is 10.0. The monoisotopic (exact) mass is 459 g/mol. The molecule has 0 spiro atoms. The highest BCUT2D eigenvalue weighted by atomic mass is 32.2. The third-order valence-corrected chi connectivity index (χ3v) is 6.68. The van der Waals surface area contributed by atoms with Gasteiger partial charge in [-0.25, -0.2) is 4.79 Å². The Morgan fingerprint density at radius 3 is 2.33 bits per heavy atom. The fourth-order valence-corrected chi connectivity index (χ4v) is 4.95. The van der Waals surface area contributed by atoms with E-state index >= 15 is 0 Å². The molecule has 0 aliphatic carbocycles. The van der Waals surface area contributed by atoms with Gasteiger partial charge in [0.15, 0.2) is 0 Å². The van der Waals surface area contributed by atoms with Gasteiger partial charge in [0.05, 0.1) is 12.9 Å². The highest BCUT2D eigenvalue weighted by Crippen LogP contribution is 2.33. The number of likely N-dealkylation sites (tertiary alicyclic amines) is 1. The van der Waals surface area contributed by atoms with Crippen LogP contribution < -0.4 is 0 Å². The lowest BCUT2D eigenvalue weighted by molar-refractivity contribution is -0.0553. The zero-order valence-corrected chi connectivity index (χ0v) is 19.8. The number of aliphatic hydroxyl groups is 1. The first-order chi connectivity index (χ1) is 13.9. The zero-order valence-electron chi connectivity index (χ0n) is 18.2. The Bertz CT molecular complexity index is 785. The second kappa shape index (κ2) is 10.3. The van der Waals surface area contributed by atoms with Crippen molar-refractivity contribution >= 4 is 28.0 Å². The lowest BCUT2D eigenvalue weighted by Crippen LogP contribution is -2.51. The van der Waals surface area contributed by atoms with Crippen LogP contribution in [0.2, 0.25) is 0 Å². The minimum Gasteiger partial charge on any atom is -0.444 e. The molecule has 0 radical (unpaired) electrons. The fourth-order valence-electron chi connectivity index (χ4n) is 3.33. The number of rotatable bonds is 8. The van der Waals surface area contributed by atoms with E-state index < -0.39 is 21.3 Å². The van der Waals surface area contributed by atoms with Gasteiger partial charge in [0, 0.05) is 24.6 Å². The molecule has 7 nitrogen and oxygen atoms in total. The summed E-state index contributed by atoms with van der Waals surface area (Å²) in [5.41, 5.74) is -0.733. The lowest BCUT2D eigenvalue weighted by Gasteiger charge is -2.41. The average molecular weight is 460 g/mol. The van der Waals surface area contributed by atoms with Crippen molar-refractivity contribution in [1.82, 2.24) is 4.90 Å². The molecule has 170 valence electrons. The van der Waals surface area contributed by atoms with Crippen molar-refractivity contribution in [2.24, 2.45) is 5.92 Å². The van der Waals surface area contributed by atoms with Crippen LogP contribution in [0.4, 0.5) is 4.79 Å². The molecule has 1 aliphatic rings. The van der Waals surface area contributed by atoms with Gasteiger partial charge in [0.2, 0.25) is 0 Å². The van der Waals surface area contributed by atoms with Crippen LogP contribution in [-0.4, -0.2) is 67.4 Å². The Labute approximate surface area is 184 Å². The number of hydrogen-bond acceptors (Lipinski definition) is 7. The van der Waals surface area contributed by atoms with Crippen LogP contribution in [0.25, 0.3) is 0 Å². The van der Waals surface area contributed by atoms with Crippen LogP contribution in [0.1, 0.15) is 39.2 Å². The van der Waals surface area contributed by atoms with Crippen LogP contribution in [-0.2, 0) is 24.8 Å². The van der Waals surface area contributed by atoms with Crippen molar-refractivity contribution in [3.8, 4) is 0 Å². The van der Waals surface area contributed by atoms with Crippen LogP contribution in [0, 0.1) is 5.92 Å². The minimum absolute atomic E-state index is 0.179. The van der Waals surface area contributed by atoms with E-state index in [9.17, 15) is 18.3 Å². The Morgan fingerprint density at radius 1 is 1.20 bits per heavy atom. The maximum atomic E-state index is 12.3. The van der Waals surface area contributed by atoms with E-state index in [0.29, 0.717) is 37.4 Å². The van der Waals surface area contributed by atoms with Crippen molar-refractivity contribution in [1.29, 1.82) is 0 Å². The summed E-state index contributed by atoms with van der Waals surface area (Å²) in [6, 6.07) is 9.89. The van der Waals surface area contributed by atoms with Gasteiger partial charge < -0.3 is 14.7 Å². The summed E-state index contributed by atoms with van der Waals surface area (Å²) in [6.45, 7) is 6.08. The minimum atomic E-state index is -3.67. The molecule has 1 saturated heterocycles. The molecule has 2 rings (SSSR count). The first-order valence-corrected chi connectivity index (χ1v) is 13.0. The molecule has 1 aromatic carbocycles. The van der Waals surface area contributed by atoms with Gasteiger partial charge in [-0.3, -0.25) is 4.18 Å². The topological polar surface area (TPSA) is 93.1 Å². The molecule has 0 aromatic heterocycles. The van der Waals surface area contributed by atoms with Crippen molar-refractivity contribution in [3.63, 3.8) is 0 Å². The third-order valence-electron chi connectivity index (χ3n) is 4.89. The predicted octanol–water partition coefficient (Wildman–Crippen LogP) is 3.27. The van der Waals surface area contributed by atoms with Crippen LogP contribution >= 0.6 is 11.8 Å². The smallest absolute Gasteiger partial charge is 0.410 e. The van der Waals surface area contributed by atoms with E-state index in [1.807, 2.05) is 51.1 Å². The zero-order chi connectivity index (χ0) is 22.4. The Balaban J connectivity index is 1.99. The third kappa shape index (κ3) is 8.45. The standard InChI is InChI=1S/C21H33NO6S2/c1-20(2,3)28-19(23)22-12-10-18(11-13-22)21(24,15-27-30(4,25)26)16-29-14-17-8-6-5-7-9-17/h5-9,18,24H,10-16H2,1-4H3/t21-/m0/s1. The number of ether oxygens (including phenoxy) is 1. The SMILES string of the molecule is CC(C)(C)OC(=O)N1CCC([C@](O)(COS(C)(=O)=O)CSCc2ccccc2)CC1. The maximum absolute atomic E-state index is 12.3. The molecule has 1 N–H and O–H groups in total. The van der Waals surface area contributed by atoms with Gasteiger partial charge in [0.1, 0.15) is 11.2 Å². The summed E-state index contributed by atoms with van der Waals surface area (Å²) >= 11 is 1.54. The predicted molar refractivity (Wildman–Crippen MR) is 119 cm³/mol. The summed E-state index contributed by atoms with van der Waals surface area (Å²) in [4.78, 5) is 13.9. The lowest BCUT2D eigenvalue weighted by atomic mass is 9.82. The molecule has 1 amide bonds. The largest absolute Gasteiger partial charge is 0.444 e. The number of carbonyl (C=O) groups is 1. The quantitative estimate of drug-likeness (QED) is 0.596. The summed E-state index contributed by atoms with van der Waals surface area (Å²) < 4.78 is 33.5. The molecule has 0 saturated carbocycles. The Kier molecular flexibility index (Phi) is 8.61.